The van der Waals surface area contributed by atoms with Crippen molar-refractivity contribution in [1.29, 1.82) is 0 Å². The van der Waals surface area contributed by atoms with Crippen molar-refractivity contribution in [2.75, 3.05) is 12.8 Å². The normalized spacial score (nSPS) is 9.95. The van der Waals surface area contributed by atoms with Gasteiger partial charge in [0.25, 0.3) is 0 Å². The average Bonchev–Trinajstić information content (AvgIpc) is 2.45. The second-order valence-electron chi connectivity index (χ2n) is 3.88. The third-order valence-electron chi connectivity index (χ3n) is 2.46. The lowest BCUT2D eigenvalue weighted by Crippen LogP contribution is -2.07. The van der Waals surface area contributed by atoms with Gasteiger partial charge in [0, 0.05) is 12.1 Å². The van der Waals surface area contributed by atoms with Crippen molar-refractivity contribution < 1.29 is 14.3 Å². The molecule has 0 fully saturated rings. The fraction of sp³-hybridized carbons (Fsp3) is 0.143. The molecular weight excluding hydrogens is 244 g/mol. The SMILES string of the molecule is COC(=O)c1cc(OCc2ccccc2)cc(N)n1. The van der Waals surface area contributed by atoms with E-state index in [1.165, 1.54) is 13.2 Å². The summed E-state index contributed by atoms with van der Waals surface area (Å²) in [5.74, 6) is 0.152. The summed E-state index contributed by atoms with van der Waals surface area (Å²) in [6.45, 7) is 0.394. The average molecular weight is 258 g/mol. The van der Waals surface area contributed by atoms with Gasteiger partial charge in [-0.15, -0.1) is 0 Å². The Morgan fingerprint density at radius 3 is 2.68 bits per heavy atom. The number of pyridine rings is 1. The molecule has 0 spiro atoms. The summed E-state index contributed by atoms with van der Waals surface area (Å²) in [6.07, 6.45) is 0. The van der Waals surface area contributed by atoms with E-state index < -0.39 is 5.97 Å². The van der Waals surface area contributed by atoms with Crippen LogP contribution in [0.5, 0.6) is 5.75 Å². The van der Waals surface area contributed by atoms with Crippen LogP contribution in [0, 0.1) is 0 Å². The number of aromatic nitrogens is 1. The van der Waals surface area contributed by atoms with Crippen molar-refractivity contribution in [2.45, 2.75) is 6.61 Å². The third-order valence-corrected chi connectivity index (χ3v) is 2.46. The predicted octanol–water partition coefficient (Wildman–Crippen LogP) is 2.03. The molecule has 0 saturated heterocycles. The lowest BCUT2D eigenvalue weighted by molar-refractivity contribution is 0.0593. The molecule has 2 aromatic rings. The molecule has 0 aliphatic heterocycles. The Morgan fingerprint density at radius 1 is 1.26 bits per heavy atom. The van der Waals surface area contributed by atoms with Gasteiger partial charge in [0.2, 0.25) is 0 Å². The highest BCUT2D eigenvalue weighted by molar-refractivity contribution is 5.88. The zero-order valence-electron chi connectivity index (χ0n) is 10.5. The molecule has 0 aliphatic rings. The molecule has 0 unspecified atom stereocenters. The minimum atomic E-state index is -0.545. The first-order chi connectivity index (χ1) is 9.19. The van der Waals surface area contributed by atoms with E-state index in [-0.39, 0.29) is 11.5 Å². The number of anilines is 1. The number of ether oxygens (including phenoxy) is 2. The standard InChI is InChI=1S/C14H14N2O3/c1-18-14(17)12-7-11(8-13(15)16-12)19-9-10-5-3-2-4-6-10/h2-8H,9H2,1H3,(H2,15,16). The molecule has 0 bridgehead atoms. The lowest BCUT2D eigenvalue weighted by Gasteiger charge is -2.08. The van der Waals surface area contributed by atoms with E-state index >= 15 is 0 Å². The minimum absolute atomic E-state index is 0.130. The van der Waals surface area contributed by atoms with Crippen molar-refractivity contribution in [1.82, 2.24) is 4.98 Å². The number of methoxy groups -OCH3 is 1. The van der Waals surface area contributed by atoms with E-state index in [4.69, 9.17) is 10.5 Å². The molecule has 5 nitrogen and oxygen atoms in total. The van der Waals surface area contributed by atoms with Crippen molar-refractivity contribution in [3.8, 4) is 5.75 Å². The zero-order valence-corrected chi connectivity index (χ0v) is 10.5. The Bertz CT molecular complexity index is 570. The molecule has 0 saturated carbocycles. The second-order valence-corrected chi connectivity index (χ2v) is 3.88. The molecule has 1 aromatic heterocycles. The fourth-order valence-corrected chi connectivity index (χ4v) is 1.56. The molecule has 0 amide bonds. The molecule has 98 valence electrons. The smallest absolute Gasteiger partial charge is 0.356 e. The van der Waals surface area contributed by atoms with Gasteiger partial charge in [-0.25, -0.2) is 9.78 Å². The van der Waals surface area contributed by atoms with Crippen molar-refractivity contribution in [3.63, 3.8) is 0 Å². The second kappa shape index (κ2) is 5.86. The maximum atomic E-state index is 11.4. The number of hydrogen-bond donors (Lipinski definition) is 1. The number of nitrogen functional groups attached to an aromatic ring is 1. The highest BCUT2D eigenvalue weighted by Crippen LogP contribution is 2.17. The predicted molar refractivity (Wildman–Crippen MR) is 70.8 cm³/mol. The van der Waals surface area contributed by atoms with E-state index in [0.29, 0.717) is 12.4 Å². The Balaban J connectivity index is 2.12. The van der Waals surface area contributed by atoms with Gasteiger partial charge in [-0.05, 0) is 5.56 Å². The molecule has 5 heteroatoms. The van der Waals surface area contributed by atoms with E-state index in [1.54, 1.807) is 6.07 Å². The summed E-state index contributed by atoms with van der Waals surface area (Å²) in [4.78, 5) is 15.3. The first-order valence-electron chi connectivity index (χ1n) is 5.71. The maximum absolute atomic E-state index is 11.4. The lowest BCUT2D eigenvalue weighted by atomic mass is 10.2. The summed E-state index contributed by atoms with van der Waals surface area (Å²) in [5, 5.41) is 0. The van der Waals surface area contributed by atoms with Gasteiger partial charge in [-0.3, -0.25) is 0 Å². The van der Waals surface area contributed by atoms with Gasteiger partial charge in [0.1, 0.15) is 18.2 Å². The van der Waals surface area contributed by atoms with E-state index in [1.807, 2.05) is 30.3 Å². The van der Waals surface area contributed by atoms with Crippen LogP contribution in [0.3, 0.4) is 0 Å². The van der Waals surface area contributed by atoms with E-state index in [2.05, 4.69) is 9.72 Å². The molecule has 0 atom stereocenters. The number of benzene rings is 1. The van der Waals surface area contributed by atoms with Gasteiger partial charge in [0.15, 0.2) is 5.69 Å². The minimum Gasteiger partial charge on any atom is -0.489 e. The van der Waals surface area contributed by atoms with Gasteiger partial charge in [-0.1, -0.05) is 30.3 Å². The molecule has 2 N–H and O–H groups in total. The number of esters is 1. The Labute approximate surface area is 111 Å². The molecular formula is C14H14N2O3. The Hall–Kier alpha value is -2.56. The van der Waals surface area contributed by atoms with Crippen LogP contribution in [0.15, 0.2) is 42.5 Å². The first-order valence-corrected chi connectivity index (χ1v) is 5.71. The van der Waals surface area contributed by atoms with Crippen LogP contribution in [0.2, 0.25) is 0 Å². The van der Waals surface area contributed by atoms with Crippen LogP contribution in [-0.4, -0.2) is 18.1 Å². The zero-order chi connectivity index (χ0) is 13.7. The number of rotatable bonds is 4. The Kier molecular flexibility index (Phi) is 3.97. The molecule has 2 rings (SSSR count). The summed E-state index contributed by atoms with van der Waals surface area (Å²) in [6, 6.07) is 12.8. The van der Waals surface area contributed by atoms with Crippen LogP contribution in [0.4, 0.5) is 5.82 Å². The van der Waals surface area contributed by atoms with Crippen LogP contribution >= 0.6 is 0 Å². The number of hydrogen-bond acceptors (Lipinski definition) is 5. The first kappa shape index (κ1) is 12.9. The van der Waals surface area contributed by atoms with Crippen LogP contribution in [0.1, 0.15) is 16.1 Å². The third kappa shape index (κ3) is 3.45. The van der Waals surface area contributed by atoms with Gasteiger partial charge >= 0.3 is 5.97 Å². The largest absolute Gasteiger partial charge is 0.489 e. The Morgan fingerprint density at radius 2 is 2.00 bits per heavy atom. The summed E-state index contributed by atoms with van der Waals surface area (Å²) < 4.78 is 10.2. The molecule has 1 heterocycles. The highest BCUT2D eigenvalue weighted by atomic mass is 16.5. The maximum Gasteiger partial charge on any atom is 0.356 e. The number of carbonyl (C=O) groups is 1. The summed E-state index contributed by atoms with van der Waals surface area (Å²) in [7, 11) is 1.29. The van der Waals surface area contributed by atoms with Gasteiger partial charge < -0.3 is 15.2 Å². The van der Waals surface area contributed by atoms with Gasteiger partial charge in [-0.2, -0.15) is 0 Å². The van der Waals surface area contributed by atoms with Crippen LogP contribution in [0.25, 0.3) is 0 Å². The molecule has 0 radical (unpaired) electrons. The van der Waals surface area contributed by atoms with Crippen LogP contribution < -0.4 is 10.5 Å². The van der Waals surface area contributed by atoms with Gasteiger partial charge in [0.05, 0.1) is 7.11 Å². The molecule has 0 aliphatic carbocycles. The number of carbonyl (C=O) groups excluding carboxylic acids is 1. The molecule has 1 aromatic carbocycles. The van der Waals surface area contributed by atoms with Crippen molar-refractivity contribution in [3.05, 3.63) is 53.7 Å². The molecule has 19 heavy (non-hydrogen) atoms. The van der Waals surface area contributed by atoms with E-state index in [9.17, 15) is 4.79 Å². The number of nitrogens with zero attached hydrogens (tertiary/aromatic N) is 1. The highest BCUT2D eigenvalue weighted by Gasteiger charge is 2.10. The van der Waals surface area contributed by atoms with Crippen molar-refractivity contribution >= 4 is 11.8 Å². The monoisotopic (exact) mass is 258 g/mol. The summed E-state index contributed by atoms with van der Waals surface area (Å²) in [5.41, 5.74) is 6.78. The van der Waals surface area contributed by atoms with E-state index in [0.717, 1.165) is 5.56 Å². The quantitative estimate of drug-likeness (QED) is 0.849. The fourth-order valence-electron chi connectivity index (χ4n) is 1.56. The van der Waals surface area contributed by atoms with Crippen LogP contribution in [-0.2, 0) is 11.3 Å². The topological polar surface area (TPSA) is 74.4 Å². The van der Waals surface area contributed by atoms with Crippen molar-refractivity contribution in [2.24, 2.45) is 0 Å². The summed E-state index contributed by atoms with van der Waals surface area (Å²) >= 11 is 0. The number of nitrogens with two attached hydrogens (primary N) is 1.